The lowest BCUT2D eigenvalue weighted by Gasteiger charge is -2.50. The van der Waals surface area contributed by atoms with E-state index in [2.05, 4.69) is 6.58 Å². The molecule has 6 atom stereocenters. The topological polar surface area (TPSA) is 95.0 Å². The number of carbonyl (C=O) groups is 4. The second kappa shape index (κ2) is 10.8. The number of phenolic OH excluding ortho intramolecular Hbond substituents is 1. The third-order valence-corrected chi connectivity index (χ3v) is 11.5. The third-order valence-electron chi connectivity index (χ3n) is 9.81. The number of imide groups is 2. The predicted octanol–water partition coefficient (Wildman–Crippen LogP) is 6.68. The number of carbonyl (C=O) groups excluding carboxylic acids is 4. The van der Waals surface area contributed by atoms with Crippen LogP contribution < -0.4 is 9.80 Å². The van der Waals surface area contributed by atoms with Gasteiger partial charge in [-0.3, -0.25) is 24.1 Å². The number of amides is 4. The number of aromatic hydroxyl groups is 1. The molecule has 0 radical (unpaired) electrons. The van der Waals surface area contributed by atoms with E-state index in [1.165, 1.54) is 12.1 Å². The van der Waals surface area contributed by atoms with E-state index < -0.39 is 62.9 Å². The van der Waals surface area contributed by atoms with Crippen LogP contribution in [0, 0.1) is 23.6 Å². The number of allylic oxidation sites excluding steroid dienone is 3. The fourth-order valence-electron chi connectivity index (χ4n) is 7.75. The number of alkyl halides is 2. The van der Waals surface area contributed by atoms with Gasteiger partial charge >= 0.3 is 0 Å². The van der Waals surface area contributed by atoms with Gasteiger partial charge in [0.2, 0.25) is 11.8 Å². The maximum atomic E-state index is 14.5. The van der Waals surface area contributed by atoms with Gasteiger partial charge in [-0.25, -0.2) is 9.29 Å². The summed E-state index contributed by atoms with van der Waals surface area (Å²) in [6.45, 7) is 3.76. The summed E-state index contributed by atoms with van der Waals surface area (Å²) < 4.78 is 13.9. The van der Waals surface area contributed by atoms with Gasteiger partial charge in [-0.1, -0.05) is 47.5 Å². The molecule has 1 N–H and O–H groups in total. The van der Waals surface area contributed by atoms with Crippen molar-refractivity contribution in [1.82, 2.24) is 0 Å². The first-order valence-electron chi connectivity index (χ1n) is 14.7. The van der Waals surface area contributed by atoms with E-state index in [1.54, 1.807) is 54.6 Å². The van der Waals surface area contributed by atoms with Gasteiger partial charge in [-0.15, -0.1) is 29.8 Å². The van der Waals surface area contributed by atoms with Crippen LogP contribution in [0.3, 0.4) is 0 Å². The van der Waals surface area contributed by atoms with Crippen LogP contribution in [-0.2, 0) is 25.6 Å². The Labute approximate surface area is 278 Å². The van der Waals surface area contributed by atoms with Crippen molar-refractivity contribution in [3.05, 3.63) is 113 Å². The van der Waals surface area contributed by atoms with Crippen molar-refractivity contribution in [2.75, 3.05) is 9.80 Å². The maximum Gasteiger partial charge on any atom is 0.258 e. The Kier molecular flexibility index (Phi) is 7.19. The summed E-state index contributed by atoms with van der Waals surface area (Å²) in [4.78, 5) is 54.5. The molecular weight excluding hydrogens is 654 g/mol. The van der Waals surface area contributed by atoms with Gasteiger partial charge in [0, 0.05) is 16.5 Å². The summed E-state index contributed by atoms with van der Waals surface area (Å²) in [5, 5.41) is 12.0. The number of hydrogen-bond donors (Lipinski definition) is 1. The number of halogens is 4. The van der Waals surface area contributed by atoms with Crippen molar-refractivity contribution in [2.45, 2.75) is 34.9 Å². The molecule has 234 valence electrons. The Balaban J connectivity index is 1.42. The third kappa shape index (κ3) is 4.09. The average Bonchev–Trinajstić information content (AvgIpc) is 3.37. The van der Waals surface area contributed by atoms with Crippen molar-refractivity contribution >= 4 is 69.8 Å². The number of anilines is 2. The van der Waals surface area contributed by atoms with Crippen LogP contribution in [-0.4, -0.2) is 38.5 Å². The Bertz CT molecular complexity index is 1880. The molecule has 46 heavy (non-hydrogen) atoms. The first-order chi connectivity index (χ1) is 21.9. The monoisotopic (exact) mass is 678 g/mol. The van der Waals surface area contributed by atoms with E-state index in [0.29, 0.717) is 28.3 Å². The highest BCUT2D eigenvalue weighted by atomic mass is 35.5. The van der Waals surface area contributed by atoms with Crippen molar-refractivity contribution in [2.24, 2.45) is 17.8 Å². The minimum Gasteiger partial charge on any atom is -0.507 e. The van der Waals surface area contributed by atoms with Crippen LogP contribution in [0.4, 0.5) is 15.8 Å². The highest BCUT2D eigenvalue weighted by Crippen LogP contribution is 2.66. The molecule has 2 saturated heterocycles. The van der Waals surface area contributed by atoms with Gasteiger partial charge in [-0.05, 0) is 79.3 Å². The molecule has 0 bridgehead atoms. The quantitative estimate of drug-likeness (QED) is 0.185. The molecule has 7 nitrogen and oxygen atoms in total. The van der Waals surface area contributed by atoms with Crippen molar-refractivity contribution in [3.63, 3.8) is 0 Å². The normalized spacial score (nSPS) is 30.2. The largest absolute Gasteiger partial charge is 0.507 e. The molecule has 0 spiro atoms. The molecule has 7 rings (SSSR count). The second-order valence-corrected chi connectivity index (χ2v) is 13.8. The lowest BCUT2D eigenvalue weighted by molar-refractivity contribution is -0.125. The van der Waals surface area contributed by atoms with E-state index in [1.807, 2.05) is 0 Å². The predicted molar refractivity (Wildman–Crippen MR) is 173 cm³/mol. The molecule has 1 saturated carbocycles. The fraction of sp³-hybridized carbons (Fsp3) is 0.257. The van der Waals surface area contributed by atoms with Crippen molar-refractivity contribution < 1.29 is 28.7 Å². The molecule has 2 aliphatic heterocycles. The summed E-state index contributed by atoms with van der Waals surface area (Å²) in [5.74, 6) is -6.85. The van der Waals surface area contributed by atoms with Gasteiger partial charge in [0.15, 0.2) is 9.75 Å². The SMILES string of the molecule is C=CCc1cccc(C2C3=CCC4C(=O)N(c5ccc(Cl)cc5)C(=O)C4C3CC3(Cl)C(=O)N(c4ccc(F)cc4)C(=O)C23Cl)c1O. The number of phenols is 1. The number of fused-ring (bicyclic) bond motifs is 4. The lowest BCUT2D eigenvalue weighted by atomic mass is 9.56. The fourth-order valence-corrected chi connectivity index (χ4v) is 8.81. The number of benzene rings is 3. The summed E-state index contributed by atoms with van der Waals surface area (Å²) in [5.41, 5.74) is 1.74. The molecule has 4 aliphatic rings. The molecule has 3 aromatic carbocycles. The highest BCUT2D eigenvalue weighted by Gasteiger charge is 2.77. The zero-order valence-electron chi connectivity index (χ0n) is 24.1. The van der Waals surface area contributed by atoms with Gasteiger partial charge in [0.05, 0.1) is 23.2 Å². The van der Waals surface area contributed by atoms with Gasteiger partial charge < -0.3 is 5.11 Å². The molecule has 2 heterocycles. The summed E-state index contributed by atoms with van der Waals surface area (Å²) in [6.07, 6.45) is 3.65. The number of rotatable bonds is 5. The van der Waals surface area contributed by atoms with Crippen molar-refractivity contribution in [3.8, 4) is 5.75 Å². The first-order valence-corrected chi connectivity index (χ1v) is 15.8. The molecule has 0 aromatic heterocycles. The van der Waals surface area contributed by atoms with Gasteiger partial charge in [-0.2, -0.15) is 0 Å². The second-order valence-electron chi connectivity index (χ2n) is 12.1. The van der Waals surface area contributed by atoms with Gasteiger partial charge in [0.1, 0.15) is 11.6 Å². The van der Waals surface area contributed by atoms with Crippen LogP contribution >= 0.6 is 34.8 Å². The minimum atomic E-state index is -2.15. The molecule has 11 heteroatoms. The summed E-state index contributed by atoms with van der Waals surface area (Å²) in [7, 11) is 0. The van der Waals surface area contributed by atoms with Crippen molar-refractivity contribution in [1.29, 1.82) is 0 Å². The Morgan fingerprint density at radius 1 is 0.891 bits per heavy atom. The van der Waals surface area contributed by atoms with Gasteiger partial charge in [0.25, 0.3) is 11.8 Å². The van der Waals surface area contributed by atoms with E-state index in [9.17, 15) is 28.7 Å². The van der Waals surface area contributed by atoms with E-state index in [-0.39, 0.29) is 29.8 Å². The minimum absolute atomic E-state index is 0.0742. The van der Waals surface area contributed by atoms with Crippen LogP contribution in [0.25, 0.3) is 0 Å². The lowest BCUT2D eigenvalue weighted by Crippen LogP contribution is -2.60. The van der Waals surface area contributed by atoms with E-state index >= 15 is 0 Å². The molecule has 2 aliphatic carbocycles. The number of hydrogen-bond acceptors (Lipinski definition) is 5. The zero-order valence-corrected chi connectivity index (χ0v) is 26.4. The molecular formula is C35H26Cl3FN2O5. The smallest absolute Gasteiger partial charge is 0.258 e. The maximum absolute atomic E-state index is 14.5. The molecule has 4 amide bonds. The van der Waals surface area contributed by atoms with Crippen LogP contribution in [0.1, 0.15) is 29.9 Å². The molecule has 6 unspecified atom stereocenters. The Morgan fingerprint density at radius 2 is 1.54 bits per heavy atom. The summed E-state index contributed by atoms with van der Waals surface area (Å²) in [6, 6.07) is 16.2. The average molecular weight is 680 g/mol. The van der Waals surface area contributed by atoms with Crippen LogP contribution in [0.2, 0.25) is 5.02 Å². The standard InChI is InChI=1S/C35H26Cl3FN2O5/c1-2-4-18-5-3-6-25(29(18)42)28-23-15-16-24-27(31(44)40(30(24)43)21-11-7-19(36)8-12-21)26(23)17-34(37)32(45)41(33(46)35(28,34)38)22-13-9-20(39)10-14-22/h2-3,5-15,24,26-28,42H,1,4,16-17H2. The molecule has 3 fully saturated rings. The van der Waals surface area contributed by atoms with Crippen LogP contribution in [0.5, 0.6) is 5.75 Å². The van der Waals surface area contributed by atoms with E-state index in [4.69, 9.17) is 34.8 Å². The zero-order chi connectivity index (χ0) is 32.7. The Morgan fingerprint density at radius 3 is 2.22 bits per heavy atom. The van der Waals surface area contributed by atoms with Crippen LogP contribution in [0.15, 0.2) is 91.0 Å². The molecule has 3 aromatic rings. The highest BCUT2D eigenvalue weighted by molar-refractivity contribution is 6.58. The first kappa shape index (κ1) is 30.7. The number of nitrogens with zero attached hydrogens (tertiary/aromatic N) is 2. The van der Waals surface area contributed by atoms with E-state index in [0.717, 1.165) is 21.9 Å². The Hall–Kier alpha value is -3.98. The summed E-state index contributed by atoms with van der Waals surface area (Å²) >= 11 is 20.8. The number of para-hydroxylation sites is 1.